The Morgan fingerprint density at radius 1 is 1.00 bits per heavy atom. The molecule has 2 aromatic rings. The summed E-state index contributed by atoms with van der Waals surface area (Å²) in [6.45, 7) is 0.705. The maximum absolute atomic E-state index is 12.8. The summed E-state index contributed by atoms with van der Waals surface area (Å²) >= 11 is 0. The Morgan fingerprint density at radius 3 is 2.14 bits per heavy atom. The zero-order valence-electron chi connectivity index (χ0n) is 11.9. The van der Waals surface area contributed by atoms with Gasteiger partial charge in [-0.1, -0.05) is 54.6 Å². The third-order valence-electron chi connectivity index (χ3n) is 3.44. The molecule has 0 heterocycles. The summed E-state index contributed by atoms with van der Waals surface area (Å²) < 4.78 is 38.5. The van der Waals surface area contributed by atoms with E-state index in [4.69, 9.17) is 0 Å². The van der Waals surface area contributed by atoms with Crippen LogP contribution in [0.4, 0.5) is 13.2 Å². The average Bonchev–Trinajstić information content (AvgIpc) is 2.46. The van der Waals surface area contributed by atoms with E-state index in [1.54, 1.807) is 42.5 Å². The minimum absolute atomic E-state index is 0.165. The van der Waals surface area contributed by atoms with Crippen molar-refractivity contribution in [1.82, 2.24) is 0 Å². The van der Waals surface area contributed by atoms with Crippen LogP contribution in [0.15, 0.2) is 54.6 Å². The predicted octanol–water partition coefficient (Wildman–Crippen LogP) is 3.77. The molecule has 0 bridgehead atoms. The standard InChI is InChI=1S/C17H15F3O2/c1-16(22,17(18,19)20)11-13-9-5-6-10-14(13)15(21)12-7-3-2-4-8-12/h2-10,22H,11H2,1H3. The quantitative estimate of drug-likeness (QED) is 0.873. The number of carbonyl (C=O) groups is 1. The number of halogens is 3. The van der Waals surface area contributed by atoms with Gasteiger partial charge in [0.15, 0.2) is 11.4 Å². The Labute approximate surface area is 126 Å². The number of rotatable bonds is 4. The van der Waals surface area contributed by atoms with E-state index < -0.39 is 18.2 Å². The molecule has 0 amide bonds. The molecule has 0 aliphatic carbocycles. The summed E-state index contributed by atoms with van der Waals surface area (Å²) in [7, 11) is 0. The second kappa shape index (κ2) is 5.93. The van der Waals surface area contributed by atoms with E-state index in [1.165, 1.54) is 12.1 Å². The van der Waals surface area contributed by atoms with Crippen molar-refractivity contribution in [1.29, 1.82) is 0 Å². The van der Waals surface area contributed by atoms with Crippen molar-refractivity contribution in [2.24, 2.45) is 0 Å². The highest BCUT2D eigenvalue weighted by Crippen LogP contribution is 2.33. The Kier molecular flexibility index (Phi) is 4.37. The molecule has 0 radical (unpaired) electrons. The largest absolute Gasteiger partial charge is 0.417 e. The zero-order chi connectivity index (χ0) is 16.4. The van der Waals surface area contributed by atoms with Crippen molar-refractivity contribution < 1.29 is 23.1 Å². The van der Waals surface area contributed by atoms with Crippen LogP contribution in [0.1, 0.15) is 28.4 Å². The van der Waals surface area contributed by atoms with Gasteiger partial charge >= 0.3 is 6.18 Å². The van der Waals surface area contributed by atoms with E-state index in [0.717, 1.165) is 0 Å². The van der Waals surface area contributed by atoms with Crippen molar-refractivity contribution in [2.45, 2.75) is 25.1 Å². The first-order chi connectivity index (χ1) is 10.2. The zero-order valence-corrected chi connectivity index (χ0v) is 11.9. The molecule has 0 fully saturated rings. The van der Waals surface area contributed by atoms with Crippen LogP contribution in [0.2, 0.25) is 0 Å². The lowest BCUT2D eigenvalue weighted by molar-refractivity contribution is -0.252. The molecule has 0 aromatic heterocycles. The number of hydrogen-bond donors (Lipinski definition) is 1. The molecule has 0 aliphatic heterocycles. The molecule has 5 heteroatoms. The van der Waals surface area contributed by atoms with Crippen LogP contribution >= 0.6 is 0 Å². The summed E-state index contributed by atoms with van der Waals surface area (Å²) in [5.74, 6) is -0.367. The fourth-order valence-electron chi connectivity index (χ4n) is 2.11. The maximum Gasteiger partial charge on any atom is 0.417 e. The lowest BCUT2D eigenvalue weighted by Crippen LogP contribution is -2.44. The molecule has 22 heavy (non-hydrogen) atoms. The van der Waals surface area contributed by atoms with Gasteiger partial charge in [0, 0.05) is 17.5 Å². The van der Waals surface area contributed by atoms with Crippen LogP contribution in [0.3, 0.4) is 0 Å². The minimum atomic E-state index is -4.77. The average molecular weight is 308 g/mol. The van der Waals surface area contributed by atoms with Gasteiger partial charge < -0.3 is 5.11 Å². The highest BCUT2D eigenvalue weighted by Gasteiger charge is 2.49. The van der Waals surface area contributed by atoms with Crippen LogP contribution < -0.4 is 0 Å². The van der Waals surface area contributed by atoms with Crippen LogP contribution in [0.5, 0.6) is 0 Å². The smallest absolute Gasteiger partial charge is 0.380 e. The van der Waals surface area contributed by atoms with E-state index in [1.807, 2.05) is 0 Å². The molecule has 0 saturated heterocycles. The summed E-state index contributed by atoms with van der Waals surface area (Å²) in [4.78, 5) is 12.4. The van der Waals surface area contributed by atoms with Gasteiger partial charge in [0.2, 0.25) is 0 Å². The number of hydrogen-bond acceptors (Lipinski definition) is 2. The molecule has 2 aromatic carbocycles. The first-order valence-electron chi connectivity index (χ1n) is 6.69. The topological polar surface area (TPSA) is 37.3 Å². The van der Waals surface area contributed by atoms with Gasteiger partial charge in [-0.15, -0.1) is 0 Å². The van der Waals surface area contributed by atoms with Crippen LogP contribution in [-0.2, 0) is 6.42 Å². The van der Waals surface area contributed by atoms with Crippen LogP contribution in [0, 0.1) is 0 Å². The molecule has 0 spiro atoms. The first-order valence-corrected chi connectivity index (χ1v) is 6.69. The lowest BCUT2D eigenvalue weighted by atomic mass is 9.90. The molecule has 116 valence electrons. The van der Waals surface area contributed by atoms with Gasteiger partial charge in [0.1, 0.15) is 0 Å². The van der Waals surface area contributed by atoms with Gasteiger partial charge in [-0.3, -0.25) is 4.79 Å². The second-order valence-electron chi connectivity index (χ2n) is 5.30. The molecule has 2 rings (SSSR count). The molecule has 2 nitrogen and oxygen atoms in total. The molecule has 1 unspecified atom stereocenters. The predicted molar refractivity (Wildman–Crippen MR) is 76.7 cm³/mol. The number of ketones is 1. The molecule has 1 atom stereocenters. The fourth-order valence-corrected chi connectivity index (χ4v) is 2.11. The van der Waals surface area contributed by atoms with Gasteiger partial charge in [0.05, 0.1) is 0 Å². The Morgan fingerprint density at radius 2 is 1.55 bits per heavy atom. The monoisotopic (exact) mass is 308 g/mol. The van der Waals surface area contributed by atoms with Crippen molar-refractivity contribution in [2.75, 3.05) is 0 Å². The van der Waals surface area contributed by atoms with Gasteiger partial charge in [-0.05, 0) is 12.5 Å². The summed E-state index contributed by atoms with van der Waals surface area (Å²) in [6, 6.07) is 14.3. The molecular formula is C17H15F3O2. The van der Waals surface area contributed by atoms with Gasteiger partial charge in [-0.2, -0.15) is 13.2 Å². The molecule has 0 saturated carbocycles. The van der Waals surface area contributed by atoms with E-state index in [9.17, 15) is 23.1 Å². The van der Waals surface area contributed by atoms with Crippen molar-refractivity contribution in [3.63, 3.8) is 0 Å². The SMILES string of the molecule is CC(O)(Cc1ccccc1C(=O)c1ccccc1)C(F)(F)F. The molecular weight excluding hydrogens is 293 g/mol. The van der Waals surface area contributed by atoms with E-state index in [2.05, 4.69) is 0 Å². The highest BCUT2D eigenvalue weighted by atomic mass is 19.4. The third-order valence-corrected chi connectivity index (χ3v) is 3.44. The van der Waals surface area contributed by atoms with E-state index in [-0.39, 0.29) is 16.9 Å². The fraction of sp³-hybridized carbons (Fsp3) is 0.235. The maximum atomic E-state index is 12.8. The second-order valence-corrected chi connectivity index (χ2v) is 5.30. The number of carbonyl (C=O) groups excluding carboxylic acids is 1. The molecule has 1 N–H and O–H groups in total. The van der Waals surface area contributed by atoms with Gasteiger partial charge in [-0.25, -0.2) is 0 Å². The Bertz CT molecular complexity index is 661. The van der Waals surface area contributed by atoms with Crippen molar-refractivity contribution in [3.8, 4) is 0 Å². The highest BCUT2D eigenvalue weighted by molar-refractivity contribution is 6.09. The lowest BCUT2D eigenvalue weighted by Gasteiger charge is -2.27. The Hall–Kier alpha value is -2.14. The Balaban J connectivity index is 2.38. The number of alkyl halides is 3. The van der Waals surface area contributed by atoms with E-state index >= 15 is 0 Å². The van der Waals surface area contributed by atoms with Crippen LogP contribution in [-0.4, -0.2) is 22.7 Å². The normalized spacial score (nSPS) is 14.4. The first kappa shape index (κ1) is 16.2. The number of aliphatic hydroxyl groups is 1. The van der Waals surface area contributed by atoms with Crippen LogP contribution in [0.25, 0.3) is 0 Å². The van der Waals surface area contributed by atoms with Gasteiger partial charge in [0.25, 0.3) is 0 Å². The summed E-state index contributed by atoms with van der Waals surface area (Å²) in [6.07, 6.45) is -5.44. The van der Waals surface area contributed by atoms with Crippen molar-refractivity contribution >= 4 is 5.78 Å². The van der Waals surface area contributed by atoms with E-state index in [0.29, 0.717) is 12.5 Å². The minimum Gasteiger partial charge on any atom is -0.380 e. The number of benzene rings is 2. The third kappa shape index (κ3) is 3.36. The summed E-state index contributed by atoms with van der Waals surface area (Å²) in [5.41, 5.74) is -2.17. The summed E-state index contributed by atoms with van der Waals surface area (Å²) in [5, 5.41) is 9.64. The molecule has 0 aliphatic rings. The van der Waals surface area contributed by atoms with Crippen molar-refractivity contribution in [3.05, 3.63) is 71.3 Å².